The van der Waals surface area contributed by atoms with Gasteiger partial charge in [-0.15, -0.1) is 0 Å². The highest BCUT2D eigenvalue weighted by atomic mass is 32.2. The zero-order chi connectivity index (χ0) is 12.0. The molecule has 0 aliphatic rings. The summed E-state index contributed by atoms with van der Waals surface area (Å²) in [5.41, 5.74) is 1.65. The van der Waals surface area contributed by atoms with Crippen molar-refractivity contribution in [3.8, 4) is 17.6 Å². The maximum Gasteiger partial charge on any atom is 0.185 e. The van der Waals surface area contributed by atoms with Crippen molar-refractivity contribution in [2.24, 2.45) is 0 Å². The number of phenols is 1. The Morgan fingerprint density at radius 3 is 2.88 bits per heavy atom. The van der Waals surface area contributed by atoms with Crippen LogP contribution in [0.15, 0.2) is 18.2 Å². The first-order valence-electron chi connectivity index (χ1n) is 5.01. The van der Waals surface area contributed by atoms with E-state index in [1.807, 2.05) is 13.0 Å². The zero-order valence-electron chi connectivity index (χ0n) is 9.41. The Kier molecular flexibility index (Phi) is 4.94. The van der Waals surface area contributed by atoms with Gasteiger partial charge in [0.2, 0.25) is 0 Å². The highest BCUT2D eigenvalue weighted by Gasteiger charge is 1.96. The van der Waals surface area contributed by atoms with E-state index in [4.69, 9.17) is 0 Å². The lowest BCUT2D eigenvalue weighted by molar-refractivity contribution is -0.109. The normalized spacial score (nSPS) is 9.38. The highest BCUT2D eigenvalue weighted by molar-refractivity contribution is 8.13. The lowest BCUT2D eigenvalue weighted by Crippen LogP contribution is -1.84. The Morgan fingerprint density at radius 2 is 2.25 bits per heavy atom. The fourth-order valence-electron chi connectivity index (χ4n) is 1.15. The van der Waals surface area contributed by atoms with Crippen molar-refractivity contribution in [1.29, 1.82) is 0 Å². The van der Waals surface area contributed by atoms with Gasteiger partial charge < -0.3 is 5.11 Å². The predicted octanol–water partition coefficient (Wildman–Crippen LogP) is 2.72. The van der Waals surface area contributed by atoms with Crippen molar-refractivity contribution in [2.45, 2.75) is 20.3 Å². The monoisotopic (exact) mass is 234 g/mol. The SMILES string of the molecule is CC(=O)SCCC#Cc1ccc(C)cc1O. The summed E-state index contributed by atoms with van der Waals surface area (Å²) in [7, 11) is 0. The fourth-order valence-corrected chi connectivity index (χ4v) is 1.64. The van der Waals surface area contributed by atoms with Gasteiger partial charge in [0.25, 0.3) is 0 Å². The lowest BCUT2D eigenvalue weighted by Gasteiger charge is -1.97. The molecule has 0 aliphatic carbocycles. The quantitative estimate of drug-likeness (QED) is 0.631. The zero-order valence-corrected chi connectivity index (χ0v) is 10.2. The van der Waals surface area contributed by atoms with E-state index in [9.17, 15) is 9.90 Å². The average molecular weight is 234 g/mol. The molecule has 0 spiro atoms. The van der Waals surface area contributed by atoms with Crippen LogP contribution in [0.25, 0.3) is 0 Å². The third-order valence-corrected chi connectivity index (χ3v) is 2.72. The number of carbonyl (C=O) groups is 1. The minimum Gasteiger partial charge on any atom is -0.507 e. The first-order chi connectivity index (χ1) is 7.59. The third kappa shape index (κ3) is 4.41. The molecule has 0 radical (unpaired) electrons. The first kappa shape index (κ1) is 12.7. The lowest BCUT2D eigenvalue weighted by atomic mass is 10.1. The van der Waals surface area contributed by atoms with Crippen LogP contribution in [0.3, 0.4) is 0 Å². The van der Waals surface area contributed by atoms with E-state index >= 15 is 0 Å². The average Bonchev–Trinajstić information content (AvgIpc) is 2.20. The van der Waals surface area contributed by atoms with Crippen LogP contribution in [0.5, 0.6) is 5.75 Å². The molecule has 0 saturated carbocycles. The number of hydrogen-bond donors (Lipinski definition) is 1. The Hall–Kier alpha value is -1.40. The van der Waals surface area contributed by atoms with E-state index < -0.39 is 0 Å². The Bertz CT molecular complexity index is 441. The van der Waals surface area contributed by atoms with Crippen LogP contribution < -0.4 is 0 Å². The molecule has 0 fully saturated rings. The number of hydrogen-bond acceptors (Lipinski definition) is 3. The van der Waals surface area contributed by atoms with Gasteiger partial charge in [-0.1, -0.05) is 29.7 Å². The molecule has 0 aromatic heterocycles. The van der Waals surface area contributed by atoms with Gasteiger partial charge in [0.05, 0.1) is 5.56 Å². The topological polar surface area (TPSA) is 37.3 Å². The number of rotatable bonds is 2. The van der Waals surface area contributed by atoms with Crippen molar-refractivity contribution in [3.05, 3.63) is 29.3 Å². The molecule has 0 unspecified atom stereocenters. The van der Waals surface area contributed by atoms with Gasteiger partial charge in [-0.05, 0) is 24.6 Å². The molecule has 1 aromatic rings. The van der Waals surface area contributed by atoms with Crippen molar-refractivity contribution < 1.29 is 9.90 Å². The van der Waals surface area contributed by atoms with Crippen molar-refractivity contribution >= 4 is 16.9 Å². The molecule has 0 saturated heterocycles. The molecule has 3 heteroatoms. The van der Waals surface area contributed by atoms with E-state index in [-0.39, 0.29) is 10.9 Å². The maximum atomic E-state index is 10.6. The first-order valence-corrected chi connectivity index (χ1v) is 6.00. The molecule has 0 heterocycles. The van der Waals surface area contributed by atoms with Gasteiger partial charge >= 0.3 is 0 Å². The van der Waals surface area contributed by atoms with Crippen molar-refractivity contribution in [3.63, 3.8) is 0 Å². The molecule has 2 nitrogen and oxygen atoms in total. The summed E-state index contributed by atoms with van der Waals surface area (Å²) in [6.07, 6.45) is 0.650. The molecule has 1 aromatic carbocycles. The largest absolute Gasteiger partial charge is 0.507 e. The Morgan fingerprint density at radius 1 is 1.50 bits per heavy atom. The van der Waals surface area contributed by atoms with E-state index in [1.165, 1.54) is 11.8 Å². The van der Waals surface area contributed by atoms with Crippen LogP contribution in [-0.2, 0) is 4.79 Å². The van der Waals surface area contributed by atoms with Gasteiger partial charge in [-0.25, -0.2) is 0 Å². The van der Waals surface area contributed by atoms with E-state index in [0.29, 0.717) is 17.7 Å². The van der Waals surface area contributed by atoms with Crippen molar-refractivity contribution in [2.75, 3.05) is 5.75 Å². The summed E-state index contributed by atoms with van der Waals surface area (Å²) in [6, 6.07) is 5.40. The number of aryl methyl sites for hydroxylation is 1. The second-order valence-corrected chi connectivity index (χ2v) is 4.68. The van der Waals surface area contributed by atoms with Gasteiger partial charge in [-0.2, -0.15) is 0 Å². The van der Waals surface area contributed by atoms with Crippen LogP contribution in [0.1, 0.15) is 24.5 Å². The molecule has 1 rings (SSSR count). The molecule has 0 amide bonds. The number of carbonyl (C=O) groups excluding carboxylic acids is 1. The summed E-state index contributed by atoms with van der Waals surface area (Å²) in [5, 5.41) is 9.69. The highest BCUT2D eigenvalue weighted by Crippen LogP contribution is 2.16. The number of benzene rings is 1. The van der Waals surface area contributed by atoms with E-state index in [0.717, 1.165) is 5.56 Å². The second kappa shape index (κ2) is 6.24. The van der Waals surface area contributed by atoms with Gasteiger partial charge in [0.15, 0.2) is 5.12 Å². The summed E-state index contributed by atoms with van der Waals surface area (Å²) in [6.45, 7) is 3.46. The summed E-state index contributed by atoms with van der Waals surface area (Å²) < 4.78 is 0. The minimum atomic E-state index is 0.111. The Labute approximate surface area is 100 Å². The maximum absolute atomic E-state index is 10.6. The summed E-state index contributed by atoms with van der Waals surface area (Å²) >= 11 is 1.27. The molecule has 16 heavy (non-hydrogen) atoms. The molecule has 0 atom stereocenters. The van der Waals surface area contributed by atoms with Gasteiger partial charge in [0.1, 0.15) is 5.75 Å². The van der Waals surface area contributed by atoms with Crippen LogP contribution >= 0.6 is 11.8 Å². The van der Waals surface area contributed by atoms with Crippen LogP contribution in [0.4, 0.5) is 0 Å². The molecular weight excluding hydrogens is 220 g/mol. The molecule has 1 N–H and O–H groups in total. The molecule has 0 bridgehead atoms. The standard InChI is InChI=1S/C13H14O2S/c1-10-6-7-12(13(15)9-10)5-3-4-8-16-11(2)14/h6-7,9,15H,4,8H2,1-2H3. The number of aromatic hydroxyl groups is 1. The second-order valence-electron chi connectivity index (χ2n) is 3.41. The van der Waals surface area contributed by atoms with Crippen LogP contribution in [0.2, 0.25) is 0 Å². The smallest absolute Gasteiger partial charge is 0.185 e. The molecule has 84 valence electrons. The molecular formula is C13H14O2S. The molecule has 0 aliphatic heterocycles. The summed E-state index contributed by atoms with van der Waals surface area (Å²) in [4.78, 5) is 10.6. The number of thioether (sulfide) groups is 1. The van der Waals surface area contributed by atoms with Gasteiger partial charge in [0, 0.05) is 19.1 Å². The Balaban J connectivity index is 2.53. The number of phenolic OH excluding ortho intramolecular Hbond substituents is 1. The van der Waals surface area contributed by atoms with E-state index in [1.54, 1.807) is 19.1 Å². The van der Waals surface area contributed by atoms with Gasteiger partial charge in [-0.3, -0.25) is 4.79 Å². The van der Waals surface area contributed by atoms with Crippen molar-refractivity contribution in [1.82, 2.24) is 0 Å². The van der Waals surface area contributed by atoms with E-state index in [2.05, 4.69) is 11.8 Å². The minimum absolute atomic E-state index is 0.111. The summed E-state index contributed by atoms with van der Waals surface area (Å²) in [5.74, 6) is 6.74. The fraction of sp³-hybridized carbons (Fsp3) is 0.308. The third-order valence-electron chi connectivity index (χ3n) is 1.91. The predicted molar refractivity (Wildman–Crippen MR) is 67.5 cm³/mol. The van der Waals surface area contributed by atoms with Crippen LogP contribution in [0, 0.1) is 18.8 Å². The van der Waals surface area contributed by atoms with Crippen LogP contribution in [-0.4, -0.2) is 16.0 Å².